The molecule has 7 nitrogen and oxygen atoms in total. The van der Waals surface area contributed by atoms with Crippen LogP contribution in [0.25, 0.3) is 11.5 Å². The first-order valence-corrected chi connectivity index (χ1v) is 6.90. The minimum Gasteiger partial charge on any atom is -0.494 e. The van der Waals surface area contributed by atoms with Gasteiger partial charge in [-0.3, -0.25) is 0 Å². The van der Waals surface area contributed by atoms with Gasteiger partial charge in [0, 0.05) is 12.7 Å². The van der Waals surface area contributed by atoms with Gasteiger partial charge in [0.15, 0.2) is 5.82 Å². The minimum absolute atomic E-state index is 0.283. The van der Waals surface area contributed by atoms with Crippen molar-refractivity contribution in [1.29, 1.82) is 0 Å². The molecule has 2 heterocycles. The Hall–Kier alpha value is -2.44. The van der Waals surface area contributed by atoms with Gasteiger partial charge in [-0.05, 0) is 25.5 Å². The minimum atomic E-state index is 0.283. The number of ether oxygens (including phenoxy) is 2. The summed E-state index contributed by atoms with van der Waals surface area (Å²) in [4.78, 5) is 17.2. The summed E-state index contributed by atoms with van der Waals surface area (Å²) in [5.74, 6) is 1.48. The molecule has 2 aromatic rings. The van der Waals surface area contributed by atoms with Crippen LogP contribution in [0.4, 0.5) is 5.95 Å². The topological polar surface area (TPSA) is 82.0 Å². The number of methoxy groups -OCH3 is 1. The summed E-state index contributed by atoms with van der Waals surface area (Å²) in [6.07, 6.45) is 2.55. The van der Waals surface area contributed by atoms with Gasteiger partial charge in [0.2, 0.25) is 5.95 Å². The van der Waals surface area contributed by atoms with Crippen LogP contribution in [0.1, 0.15) is 20.3 Å². The van der Waals surface area contributed by atoms with Gasteiger partial charge < -0.3 is 14.8 Å². The fourth-order valence-electron chi connectivity index (χ4n) is 1.68. The summed E-state index contributed by atoms with van der Waals surface area (Å²) in [5, 5.41) is 3.06. The standard InChI is InChI=1S/C14H19N5O2/c1-4-9-21-14-18-12(17-13(19-14)15-5-2)11-10(20-3)7-6-8-16-11/h6-8H,4-5,9H2,1-3H3,(H,15,17,18,19). The van der Waals surface area contributed by atoms with E-state index in [-0.39, 0.29) is 6.01 Å². The molecule has 0 radical (unpaired) electrons. The van der Waals surface area contributed by atoms with E-state index in [1.54, 1.807) is 19.4 Å². The van der Waals surface area contributed by atoms with E-state index >= 15 is 0 Å². The Morgan fingerprint density at radius 1 is 1.19 bits per heavy atom. The molecule has 112 valence electrons. The van der Waals surface area contributed by atoms with Crippen molar-refractivity contribution in [2.24, 2.45) is 0 Å². The number of hydrogen-bond donors (Lipinski definition) is 1. The number of nitrogens with zero attached hydrogens (tertiary/aromatic N) is 4. The first-order chi connectivity index (χ1) is 10.3. The maximum atomic E-state index is 5.51. The highest BCUT2D eigenvalue weighted by molar-refractivity contribution is 5.59. The molecule has 0 atom stereocenters. The van der Waals surface area contributed by atoms with Gasteiger partial charge in [-0.25, -0.2) is 4.98 Å². The van der Waals surface area contributed by atoms with Gasteiger partial charge in [-0.1, -0.05) is 6.92 Å². The number of aromatic nitrogens is 4. The average molecular weight is 289 g/mol. The second kappa shape index (κ2) is 7.37. The zero-order chi connectivity index (χ0) is 15.1. The molecule has 2 rings (SSSR count). The van der Waals surface area contributed by atoms with Crippen molar-refractivity contribution in [2.45, 2.75) is 20.3 Å². The van der Waals surface area contributed by atoms with Crippen LogP contribution >= 0.6 is 0 Å². The molecule has 0 saturated carbocycles. The SMILES string of the molecule is CCCOc1nc(NCC)nc(-c2ncccc2OC)n1. The van der Waals surface area contributed by atoms with Crippen LogP contribution < -0.4 is 14.8 Å². The number of hydrogen-bond acceptors (Lipinski definition) is 7. The molecule has 0 aliphatic heterocycles. The Kier molecular flexibility index (Phi) is 5.25. The Bertz CT molecular complexity index is 591. The monoisotopic (exact) mass is 289 g/mol. The van der Waals surface area contributed by atoms with E-state index in [0.29, 0.717) is 36.4 Å². The van der Waals surface area contributed by atoms with Crippen molar-refractivity contribution >= 4 is 5.95 Å². The van der Waals surface area contributed by atoms with Gasteiger partial charge in [0.05, 0.1) is 13.7 Å². The van der Waals surface area contributed by atoms with Crippen LogP contribution in [-0.4, -0.2) is 40.2 Å². The molecule has 0 amide bonds. The van der Waals surface area contributed by atoms with E-state index in [0.717, 1.165) is 6.42 Å². The maximum Gasteiger partial charge on any atom is 0.321 e. The van der Waals surface area contributed by atoms with Crippen LogP contribution in [0.2, 0.25) is 0 Å². The highest BCUT2D eigenvalue weighted by Gasteiger charge is 2.14. The van der Waals surface area contributed by atoms with Crippen LogP contribution in [0, 0.1) is 0 Å². The van der Waals surface area contributed by atoms with Crippen molar-refractivity contribution in [3.05, 3.63) is 18.3 Å². The molecule has 0 fully saturated rings. The summed E-state index contributed by atoms with van der Waals surface area (Å²) in [5.41, 5.74) is 0.558. The highest BCUT2D eigenvalue weighted by Crippen LogP contribution is 2.25. The number of anilines is 1. The third-order valence-corrected chi connectivity index (χ3v) is 2.59. The average Bonchev–Trinajstić information content (AvgIpc) is 2.53. The zero-order valence-electron chi connectivity index (χ0n) is 12.5. The Morgan fingerprint density at radius 2 is 2.05 bits per heavy atom. The lowest BCUT2D eigenvalue weighted by atomic mass is 10.3. The van der Waals surface area contributed by atoms with E-state index in [1.807, 2.05) is 19.9 Å². The summed E-state index contributed by atoms with van der Waals surface area (Å²) >= 11 is 0. The largest absolute Gasteiger partial charge is 0.494 e. The number of rotatable bonds is 7. The van der Waals surface area contributed by atoms with E-state index in [4.69, 9.17) is 9.47 Å². The summed E-state index contributed by atoms with van der Waals surface area (Å²) < 4.78 is 10.8. The van der Waals surface area contributed by atoms with Crippen molar-refractivity contribution < 1.29 is 9.47 Å². The Morgan fingerprint density at radius 3 is 2.76 bits per heavy atom. The lowest BCUT2D eigenvalue weighted by Crippen LogP contribution is -2.09. The summed E-state index contributed by atoms with van der Waals surface area (Å²) in [6, 6.07) is 3.89. The second-order valence-corrected chi connectivity index (χ2v) is 4.20. The first-order valence-electron chi connectivity index (χ1n) is 6.90. The molecule has 0 saturated heterocycles. The predicted molar refractivity (Wildman–Crippen MR) is 79.6 cm³/mol. The van der Waals surface area contributed by atoms with Crippen molar-refractivity contribution in [3.63, 3.8) is 0 Å². The third-order valence-electron chi connectivity index (χ3n) is 2.59. The van der Waals surface area contributed by atoms with Crippen molar-refractivity contribution in [3.8, 4) is 23.3 Å². The summed E-state index contributed by atoms with van der Waals surface area (Å²) in [7, 11) is 1.58. The van der Waals surface area contributed by atoms with Gasteiger partial charge in [-0.15, -0.1) is 0 Å². The van der Waals surface area contributed by atoms with Gasteiger partial charge >= 0.3 is 6.01 Å². The number of nitrogens with one attached hydrogen (secondary N) is 1. The first kappa shape index (κ1) is 15.0. The van der Waals surface area contributed by atoms with Gasteiger partial charge in [0.25, 0.3) is 0 Å². The van der Waals surface area contributed by atoms with Crippen LogP contribution in [-0.2, 0) is 0 Å². The molecule has 0 spiro atoms. The Balaban J connectivity index is 2.43. The van der Waals surface area contributed by atoms with Crippen molar-refractivity contribution in [2.75, 3.05) is 25.6 Å². The molecule has 21 heavy (non-hydrogen) atoms. The molecule has 1 N–H and O–H groups in total. The van der Waals surface area contributed by atoms with Gasteiger partial charge in [-0.2, -0.15) is 15.0 Å². The fraction of sp³-hybridized carbons (Fsp3) is 0.429. The molecular formula is C14H19N5O2. The molecule has 0 aliphatic rings. The smallest absolute Gasteiger partial charge is 0.321 e. The van der Waals surface area contributed by atoms with Gasteiger partial charge in [0.1, 0.15) is 11.4 Å². The zero-order valence-corrected chi connectivity index (χ0v) is 12.5. The highest BCUT2D eigenvalue weighted by atomic mass is 16.5. The maximum absolute atomic E-state index is 5.51. The second-order valence-electron chi connectivity index (χ2n) is 4.20. The van der Waals surface area contributed by atoms with Crippen molar-refractivity contribution in [1.82, 2.24) is 19.9 Å². The van der Waals surface area contributed by atoms with Crippen LogP contribution in [0.15, 0.2) is 18.3 Å². The fourth-order valence-corrected chi connectivity index (χ4v) is 1.68. The lowest BCUT2D eigenvalue weighted by Gasteiger charge is -2.10. The van der Waals surface area contributed by atoms with E-state index < -0.39 is 0 Å². The van der Waals surface area contributed by atoms with Crippen LogP contribution in [0.3, 0.4) is 0 Å². The molecule has 0 aliphatic carbocycles. The van der Waals surface area contributed by atoms with E-state index in [9.17, 15) is 0 Å². The van der Waals surface area contributed by atoms with E-state index in [2.05, 4.69) is 25.3 Å². The molecule has 2 aromatic heterocycles. The van der Waals surface area contributed by atoms with E-state index in [1.165, 1.54) is 0 Å². The molecule has 0 unspecified atom stereocenters. The third kappa shape index (κ3) is 3.77. The molecule has 0 aromatic carbocycles. The molecule has 0 bridgehead atoms. The normalized spacial score (nSPS) is 10.2. The quantitative estimate of drug-likeness (QED) is 0.836. The lowest BCUT2D eigenvalue weighted by molar-refractivity contribution is 0.292. The number of pyridine rings is 1. The summed E-state index contributed by atoms with van der Waals surface area (Å²) in [6.45, 7) is 5.25. The van der Waals surface area contributed by atoms with Crippen LogP contribution in [0.5, 0.6) is 11.8 Å². The predicted octanol–water partition coefficient (Wildman–Crippen LogP) is 2.16. The Labute approximate surface area is 123 Å². The molecular weight excluding hydrogens is 270 g/mol. The molecule has 7 heteroatoms.